The molecule has 0 amide bonds. The molecule has 10 heterocycles. The van der Waals surface area contributed by atoms with E-state index in [4.69, 9.17) is 17.5 Å². The Kier molecular flexibility index (Phi) is 14.6. The van der Waals surface area contributed by atoms with Gasteiger partial charge in [-0.25, -0.2) is 0 Å². The molecule has 0 aliphatic carbocycles. The third-order valence-electron chi connectivity index (χ3n) is 15.3. The first-order valence-corrected chi connectivity index (χ1v) is 33.6. The first-order valence-electron chi connectivity index (χ1n) is 26.4. The molecule has 0 spiro atoms. The average molecular weight is 1120 g/mol. The lowest BCUT2D eigenvalue weighted by molar-refractivity contribution is 0.401. The lowest BCUT2D eigenvalue weighted by atomic mass is 9.95. The topological polar surface area (TPSA) is 56.5 Å². The maximum atomic E-state index is 5.01. The van der Waals surface area contributed by atoms with Gasteiger partial charge in [0.05, 0.1) is 48.6 Å². The Morgan fingerprint density at radius 2 is 0.833 bits per heavy atom. The first-order chi connectivity index (χ1) is 35.4. The summed E-state index contributed by atoms with van der Waals surface area (Å²) in [6.07, 6.45) is 17.7. The zero-order valence-electron chi connectivity index (χ0n) is 42.0. The van der Waals surface area contributed by atoms with Crippen LogP contribution in [0.5, 0.6) is 0 Å². The van der Waals surface area contributed by atoms with E-state index in [0.29, 0.717) is 5.92 Å². The molecule has 3 atom stereocenters. The van der Waals surface area contributed by atoms with Crippen molar-refractivity contribution in [1.29, 1.82) is 0 Å². The third-order valence-corrected chi connectivity index (χ3v) is 24.8. The minimum absolute atomic E-state index is 0.618. The number of aromatic nitrogens is 5. The minimum Gasteiger partial charge on any atom is -0.338 e. The summed E-state index contributed by atoms with van der Waals surface area (Å²) in [5, 5.41) is 0. The quantitative estimate of drug-likeness (QED) is 0.0679. The van der Waals surface area contributed by atoms with E-state index in [9.17, 15) is 0 Å². The van der Waals surface area contributed by atoms with Crippen LogP contribution < -0.4 is 0 Å². The molecular formula is C58H61N5S9. The smallest absolute Gasteiger partial charge is 0.114 e. The van der Waals surface area contributed by atoms with E-state index >= 15 is 0 Å². The predicted octanol–water partition coefficient (Wildman–Crippen LogP) is 22.1. The molecule has 72 heavy (non-hydrogen) atoms. The van der Waals surface area contributed by atoms with Crippen molar-refractivity contribution in [2.45, 2.75) is 138 Å². The summed E-state index contributed by atoms with van der Waals surface area (Å²) in [7, 11) is 0. The minimum atomic E-state index is 0.618. The fraction of sp³-hybridized carbons (Fsp3) is 0.414. The average Bonchev–Trinajstić information content (AvgIpc) is 4.23. The normalized spacial score (nSPS) is 13.8. The molecule has 0 aliphatic heterocycles. The molecule has 0 saturated heterocycles. The maximum Gasteiger partial charge on any atom is 0.114 e. The SMILES string of the molecule is CCCCC(CC)Cc1cc2sc(-c3ccc(-c4cc5c(s4)c4sc6cc(-c7ccc(-c8cc9sc(CC(CC)CCCC)cc9s8)c8nsnc78)sc6c4n5CC(CC)CCCC)c4nsnc34)cc2s1. The van der Waals surface area contributed by atoms with Crippen LogP contribution in [-0.2, 0) is 19.4 Å². The van der Waals surface area contributed by atoms with Gasteiger partial charge in [-0.2, -0.15) is 17.5 Å². The van der Waals surface area contributed by atoms with Gasteiger partial charge in [-0.05, 0) is 73.4 Å². The van der Waals surface area contributed by atoms with E-state index in [-0.39, 0.29) is 0 Å². The zero-order chi connectivity index (χ0) is 49.0. The number of nitrogens with zero attached hydrogens (tertiary/aromatic N) is 5. The van der Waals surface area contributed by atoms with Gasteiger partial charge in [-0.3, -0.25) is 0 Å². The van der Waals surface area contributed by atoms with Crippen LogP contribution >= 0.6 is 103 Å². The lowest BCUT2D eigenvalue weighted by Crippen LogP contribution is -2.09. The summed E-state index contributed by atoms with van der Waals surface area (Å²) in [5.74, 6) is 2.19. The molecule has 0 N–H and O–H groups in total. The second kappa shape index (κ2) is 21.3. The molecule has 2 aromatic carbocycles. The van der Waals surface area contributed by atoms with Gasteiger partial charge >= 0.3 is 0 Å². The van der Waals surface area contributed by atoms with E-state index in [1.807, 2.05) is 79.4 Å². The van der Waals surface area contributed by atoms with Crippen LogP contribution in [0.2, 0.25) is 0 Å². The zero-order valence-corrected chi connectivity index (χ0v) is 49.4. The van der Waals surface area contributed by atoms with E-state index in [1.165, 1.54) is 213 Å². The number of benzene rings is 2. The Morgan fingerprint density at radius 1 is 0.417 bits per heavy atom. The van der Waals surface area contributed by atoms with Gasteiger partial charge in [0, 0.05) is 81.6 Å². The lowest BCUT2D eigenvalue weighted by Gasteiger charge is -2.17. The summed E-state index contributed by atoms with van der Waals surface area (Å²) in [6, 6.07) is 24.0. The van der Waals surface area contributed by atoms with Crippen molar-refractivity contribution < 1.29 is 0 Å². The first kappa shape index (κ1) is 49.4. The van der Waals surface area contributed by atoms with Gasteiger partial charge in [-0.1, -0.05) is 136 Å². The van der Waals surface area contributed by atoms with Gasteiger partial charge in [0.25, 0.3) is 0 Å². The van der Waals surface area contributed by atoms with Crippen molar-refractivity contribution in [3.05, 3.63) is 70.4 Å². The highest BCUT2D eigenvalue weighted by Gasteiger charge is 2.26. The van der Waals surface area contributed by atoms with Crippen molar-refractivity contribution >= 4 is 174 Å². The summed E-state index contributed by atoms with van der Waals surface area (Å²) >= 11 is 16.4. The van der Waals surface area contributed by atoms with Gasteiger partial charge in [-0.15, -0.1) is 79.4 Å². The molecule has 0 saturated carbocycles. The summed E-state index contributed by atoms with van der Waals surface area (Å²) in [5.41, 5.74) is 11.7. The van der Waals surface area contributed by atoms with Crippen molar-refractivity contribution in [3.63, 3.8) is 0 Å². The maximum absolute atomic E-state index is 5.01. The van der Waals surface area contributed by atoms with Crippen molar-refractivity contribution in [1.82, 2.24) is 22.1 Å². The second-order valence-electron chi connectivity index (χ2n) is 20.0. The third kappa shape index (κ3) is 9.18. The standard InChI is InChI=1S/C58H61N5S9/c1-7-13-16-32(10-4)23-35-25-46-48(64-35)28-43(66-46)38-20-19-37(51-52(38)60-71-59-51)42-27-41-56(68-42)58-55(63(41)31-34(12-6)18-15-9-3)57-50(70-58)30-45(69-57)40-22-21-39(53-54(40)62-72-61-53)44-29-49-47(67-44)26-36(65-49)24-33(11-5)17-14-8-2/h19-22,25-30,32-34H,7-18,23-24,31H2,1-6H3. The number of thiophene rings is 7. The van der Waals surface area contributed by atoms with Crippen LogP contribution in [0.1, 0.15) is 128 Å². The Morgan fingerprint density at radius 3 is 1.29 bits per heavy atom. The molecule has 0 radical (unpaired) electrons. The number of hydrogen-bond donors (Lipinski definition) is 0. The van der Waals surface area contributed by atoms with Gasteiger partial charge in [0.15, 0.2) is 0 Å². The van der Waals surface area contributed by atoms with Crippen LogP contribution in [0.25, 0.3) is 112 Å². The largest absolute Gasteiger partial charge is 0.338 e. The van der Waals surface area contributed by atoms with Gasteiger partial charge in [0.2, 0.25) is 0 Å². The molecule has 3 unspecified atom stereocenters. The Hall–Kier alpha value is -3.44. The van der Waals surface area contributed by atoms with Crippen LogP contribution in [0.3, 0.4) is 0 Å². The number of fused-ring (bicyclic) bond motifs is 9. The fourth-order valence-corrected chi connectivity index (χ4v) is 21.3. The predicted molar refractivity (Wildman–Crippen MR) is 328 cm³/mol. The van der Waals surface area contributed by atoms with Crippen LogP contribution in [0.15, 0.2) is 60.7 Å². The Bertz CT molecular complexity index is 3770. The highest BCUT2D eigenvalue weighted by atomic mass is 32.1. The number of rotatable bonds is 22. The summed E-state index contributed by atoms with van der Waals surface area (Å²) < 4.78 is 33.8. The van der Waals surface area contributed by atoms with E-state index in [2.05, 4.69) is 107 Å². The molecule has 0 aliphatic rings. The molecular weight excluding hydrogens is 1060 g/mol. The van der Waals surface area contributed by atoms with Gasteiger partial charge in [0.1, 0.15) is 22.1 Å². The van der Waals surface area contributed by atoms with Gasteiger partial charge < -0.3 is 4.57 Å². The summed E-state index contributed by atoms with van der Waals surface area (Å²) in [4.78, 5) is 8.21. The Labute approximate surface area is 459 Å². The molecule has 12 aromatic rings. The monoisotopic (exact) mass is 1120 g/mol. The molecule has 0 bridgehead atoms. The molecule has 0 fully saturated rings. The van der Waals surface area contributed by atoms with Crippen LogP contribution in [0.4, 0.5) is 0 Å². The van der Waals surface area contributed by atoms with E-state index < -0.39 is 0 Å². The Balaban J connectivity index is 0.877. The molecule has 5 nitrogen and oxygen atoms in total. The molecule has 12 rings (SSSR count). The van der Waals surface area contributed by atoms with Crippen LogP contribution in [-0.4, -0.2) is 22.1 Å². The molecule has 14 heteroatoms. The van der Waals surface area contributed by atoms with E-state index in [1.54, 1.807) is 0 Å². The fourth-order valence-electron chi connectivity index (χ4n) is 11.0. The van der Waals surface area contributed by atoms with E-state index in [0.717, 1.165) is 40.4 Å². The highest BCUT2D eigenvalue weighted by Crippen LogP contribution is 2.52. The van der Waals surface area contributed by atoms with Crippen molar-refractivity contribution in [2.75, 3.05) is 0 Å². The highest BCUT2D eigenvalue weighted by molar-refractivity contribution is 7.37. The van der Waals surface area contributed by atoms with Crippen molar-refractivity contribution in [2.24, 2.45) is 17.8 Å². The molecule has 10 aromatic heterocycles. The molecule has 372 valence electrons. The summed E-state index contributed by atoms with van der Waals surface area (Å²) in [6.45, 7) is 15.1. The number of hydrogen-bond acceptors (Lipinski definition) is 13. The van der Waals surface area contributed by atoms with Crippen molar-refractivity contribution in [3.8, 4) is 41.8 Å². The number of unbranched alkanes of at least 4 members (excludes halogenated alkanes) is 3. The van der Waals surface area contributed by atoms with Crippen LogP contribution in [0, 0.1) is 17.8 Å². The second-order valence-corrected chi connectivity index (χ2v) is 28.7.